The Morgan fingerprint density at radius 3 is 2.79 bits per heavy atom. The van der Waals surface area contributed by atoms with Crippen molar-refractivity contribution in [1.82, 2.24) is 25.4 Å². The molecule has 0 aliphatic carbocycles. The van der Waals surface area contributed by atoms with Gasteiger partial charge in [-0.15, -0.1) is 0 Å². The van der Waals surface area contributed by atoms with Crippen LogP contribution in [0.4, 0.5) is 0 Å². The van der Waals surface area contributed by atoms with Crippen LogP contribution in [0, 0.1) is 12.8 Å². The van der Waals surface area contributed by atoms with Crippen molar-refractivity contribution in [2.75, 3.05) is 13.1 Å². The van der Waals surface area contributed by atoms with Crippen molar-refractivity contribution in [1.29, 1.82) is 0 Å². The maximum Gasteiger partial charge on any atom is 0.276 e. The Morgan fingerprint density at radius 1 is 1.25 bits per heavy atom. The van der Waals surface area contributed by atoms with E-state index in [1.165, 1.54) is 0 Å². The number of hydrogen-bond donors (Lipinski definition) is 2. The Balaban J connectivity index is 1.42. The van der Waals surface area contributed by atoms with Crippen molar-refractivity contribution >= 4 is 22.7 Å². The lowest BCUT2D eigenvalue weighted by atomic mass is 9.99. The Morgan fingerprint density at radius 2 is 2.00 bits per heavy atom. The molecule has 0 atom stereocenters. The minimum Gasteiger partial charge on any atom is -0.443 e. The number of benzene rings is 1. The fraction of sp³-hybridized carbons (Fsp3) is 0.400. The van der Waals surface area contributed by atoms with E-state index in [1.807, 2.05) is 29.2 Å². The lowest BCUT2D eigenvalue weighted by Crippen LogP contribution is -2.38. The monoisotopic (exact) mass is 381 g/mol. The van der Waals surface area contributed by atoms with Crippen LogP contribution in [0.15, 0.2) is 28.7 Å². The molecule has 1 fully saturated rings. The summed E-state index contributed by atoms with van der Waals surface area (Å²) < 4.78 is 5.60. The van der Waals surface area contributed by atoms with Crippen LogP contribution in [0.25, 0.3) is 10.9 Å². The first-order valence-electron chi connectivity index (χ1n) is 9.50. The first-order valence-corrected chi connectivity index (χ1v) is 9.50. The van der Waals surface area contributed by atoms with Crippen LogP contribution in [0.3, 0.4) is 0 Å². The van der Waals surface area contributed by atoms with E-state index >= 15 is 0 Å². The van der Waals surface area contributed by atoms with E-state index in [2.05, 4.69) is 27.4 Å². The molecule has 4 rings (SSSR count). The maximum atomic E-state index is 12.7. The molecule has 1 saturated heterocycles. The molecule has 1 aliphatic rings. The zero-order valence-corrected chi connectivity index (χ0v) is 16.0. The summed E-state index contributed by atoms with van der Waals surface area (Å²) in [6.45, 7) is 5.49. The topological polar surface area (TPSA) is 104 Å². The summed E-state index contributed by atoms with van der Waals surface area (Å²) in [6.07, 6.45) is 2.01. The smallest absolute Gasteiger partial charge is 0.276 e. The molecule has 0 unspecified atom stereocenters. The van der Waals surface area contributed by atoms with Crippen molar-refractivity contribution in [3.63, 3.8) is 0 Å². The fourth-order valence-corrected chi connectivity index (χ4v) is 3.46. The third kappa shape index (κ3) is 3.49. The van der Waals surface area contributed by atoms with Gasteiger partial charge in [0.15, 0.2) is 11.4 Å². The number of nitrogens with one attached hydrogen (secondary N) is 2. The quantitative estimate of drug-likeness (QED) is 0.723. The van der Waals surface area contributed by atoms with Crippen molar-refractivity contribution < 1.29 is 14.0 Å². The summed E-state index contributed by atoms with van der Waals surface area (Å²) in [6, 6.07) is 7.42. The average molecular weight is 381 g/mol. The number of fused-ring (bicyclic) bond motifs is 1. The number of aromatic amines is 1. The van der Waals surface area contributed by atoms with Crippen molar-refractivity contribution in [2.45, 2.75) is 33.2 Å². The first-order chi connectivity index (χ1) is 13.5. The molecule has 2 N–H and O–H groups in total. The number of aromatic nitrogens is 3. The minimum atomic E-state index is -0.328. The number of nitrogens with zero attached hydrogens (tertiary/aromatic N) is 3. The van der Waals surface area contributed by atoms with Gasteiger partial charge < -0.3 is 14.6 Å². The highest BCUT2D eigenvalue weighted by Gasteiger charge is 2.26. The van der Waals surface area contributed by atoms with E-state index in [9.17, 15) is 9.59 Å². The molecule has 8 nitrogen and oxygen atoms in total. The molecular weight excluding hydrogens is 358 g/mol. The Hall–Kier alpha value is -3.16. The van der Waals surface area contributed by atoms with Gasteiger partial charge in [-0.05, 0) is 31.7 Å². The zero-order valence-electron chi connectivity index (χ0n) is 16.0. The minimum absolute atomic E-state index is 0.0885. The zero-order chi connectivity index (χ0) is 19.7. The van der Waals surface area contributed by atoms with Gasteiger partial charge in [-0.25, -0.2) is 4.98 Å². The van der Waals surface area contributed by atoms with Gasteiger partial charge in [0.25, 0.3) is 11.8 Å². The number of likely N-dealkylation sites (tertiary alicyclic amines) is 1. The van der Waals surface area contributed by atoms with E-state index in [1.54, 1.807) is 6.92 Å². The largest absolute Gasteiger partial charge is 0.443 e. The van der Waals surface area contributed by atoms with Gasteiger partial charge in [-0.3, -0.25) is 14.7 Å². The van der Waals surface area contributed by atoms with Crippen LogP contribution < -0.4 is 5.32 Å². The van der Waals surface area contributed by atoms with Gasteiger partial charge >= 0.3 is 0 Å². The number of carbonyl (C=O) groups excluding carboxylic acids is 2. The van der Waals surface area contributed by atoms with Crippen LogP contribution >= 0.6 is 0 Å². The number of piperidine rings is 1. The highest BCUT2D eigenvalue weighted by Crippen LogP contribution is 2.20. The Bertz CT molecular complexity index is 1010. The lowest BCUT2D eigenvalue weighted by molar-refractivity contribution is 0.0690. The highest BCUT2D eigenvalue weighted by atomic mass is 16.4. The number of H-pyrrole nitrogens is 1. The molecule has 28 heavy (non-hydrogen) atoms. The van der Waals surface area contributed by atoms with Crippen LogP contribution in [-0.4, -0.2) is 45.0 Å². The van der Waals surface area contributed by atoms with Gasteiger partial charge in [0.05, 0.1) is 12.1 Å². The van der Waals surface area contributed by atoms with Gasteiger partial charge in [-0.1, -0.05) is 25.1 Å². The summed E-state index contributed by atoms with van der Waals surface area (Å²) in [7, 11) is 0. The number of rotatable bonds is 4. The molecule has 0 bridgehead atoms. The number of para-hydroxylation sites is 1. The van der Waals surface area contributed by atoms with Crippen LogP contribution in [0.1, 0.15) is 52.4 Å². The van der Waals surface area contributed by atoms with Gasteiger partial charge in [0.2, 0.25) is 5.89 Å². The molecular formula is C20H23N5O3. The van der Waals surface area contributed by atoms with E-state index in [4.69, 9.17) is 4.42 Å². The van der Waals surface area contributed by atoms with Crippen molar-refractivity contribution in [3.05, 3.63) is 47.3 Å². The van der Waals surface area contributed by atoms with Gasteiger partial charge in [0, 0.05) is 18.5 Å². The molecule has 0 spiro atoms. The molecule has 1 aliphatic heterocycles. The van der Waals surface area contributed by atoms with Gasteiger partial charge in [0.1, 0.15) is 5.76 Å². The summed E-state index contributed by atoms with van der Waals surface area (Å²) in [5, 5.41) is 10.4. The van der Waals surface area contributed by atoms with E-state index < -0.39 is 0 Å². The number of carbonyl (C=O) groups is 2. The number of aryl methyl sites for hydroxylation is 1. The van der Waals surface area contributed by atoms with E-state index in [0.29, 0.717) is 29.0 Å². The second kappa shape index (κ2) is 7.46. The molecule has 3 aromatic rings. The van der Waals surface area contributed by atoms with Crippen molar-refractivity contribution in [2.24, 2.45) is 5.92 Å². The third-order valence-electron chi connectivity index (χ3n) is 5.20. The Kier molecular flexibility index (Phi) is 4.85. The van der Waals surface area contributed by atoms with Crippen LogP contribution in [0.2, 0.25) is 0 Å². The summed E-state index contributed by atoms with van der Waals surface area (Å²) in [5.74, 6) is 0.985. The normalized spacial score (nSPS) is 15.1. The first kappa shape index (κ1) is 18.2. The third-order valence-corrected chi connectivity index (χ3v) is 5.20. The summed E-state index contributed by atoms with van der Waals surface area (Å²) >= 11 is 0. The SMILES string of the molecule is Cc1oc(CNC(=O)c2n[nH]c3ccccc23)nc1C(=O)N1CCC(C)CC1. The molecule has 1 aromatic carbocycles. The van der Waals surface area contributed by atoms with Crippen LogP contribution in [-0.2, 0) is 6.54 Å². The number of amides is 2. The predicted octanol–water partition coefficient (Wildman–Crippen LogP) is 2.66. The summed E-state index contributed by atoms with van der Waals surface area (Å²) in [5.41, 5.74) is 1.44. The van der Waals surface area contributed by atoms with E-state index in [0.717, 1.165) is 36.8 Å². The lowest BCUT2D eigenvalue weighted by Gasteiger charge is -2.29. The average Bonchev–Trinajstić information content (AvgIpc) is 3.29. The van der Waals surface area contributed by atoms with Gasteiger partial charge in [-0.2, -0.15) is 5.10 Å². The predicted molar refractivity (Wildman–Crippen MR) is 103 cm³/mol. The molecule has 2 amide bonds. The standard InChI is InChI=1S/C20H23N5O3/c1-12-7-9-25(10-8-12)20(27)17-13(2)28-16(22-17)11-21-19(26)18-14-5-3-4-6-15(14)23-24-18/h3-6,12H,7-11H2,1-2H3,(H,21,26)(H,23,24). The van der Waals surface area contributed by atoms with E-state index in [-0.39, 0.29) is 18.4 Å². The number of oxazole rings is 1. The Labute approximate surface area is 162 Å². The second-order valence-electron chi connectivity index (χ2n) is 7.29. The molecule has 0 saturated carbocycles. The second-order valence-corrected chi connectivity index (χ2v) is 7.29. The molecule has 2 aromatic heterocycles. The fourth-order valence-electron chi connectivity index (χ4n) is 3.46. The molecule has 146 valence electrons. The highest BCUT2D eigenvalue weighted by molar-refractivity contribution is 6.04. The summed E-state index contributed by atoms with van der Waals surface area (Å²) in [4.78, 5) is 31.3. The molecule has 0 radical (unpaired) electrons. The molecule has 8 heteroatoms. The maximum absolute atomic E-state index is 12.7. The number of hydrogen-bond acceptors (Lipinski definition) is 5. The molecule has 3 heterocycles. The van der Waals surface area contributed by atoms with Crippen molar-refractivity contribution in [3.8, 4) is 0 Å². The van der Waals surface area contributed by atoms with Crippen LogP contribution in [0.5, 0.6) is 0 Å².